The number of nitrogens with zero attached hydrogens (tertiary/aromatic N) is 2. The number of benzene rings is 1. The van der Waals surface area contributed by atoms with Gasteiger partial charge < -0.3 is 10.1 Å². The lowest BCUT2D eigenvalue weighted by atomic mass is 10.2. The number of hydrogen-bond acceptors (Lipinski definition) is 5. The lowest BCUT2D eigenvalue weighted by Gasteiger charge is -2.10. The van der Waals surface area contributed by atoms with Crippen molar-refractivity contribution in [1.82, 2.24) is 9.97 Å². The van der Waals surface area contributed by atoms with Crippen molar-refractivity contribution < 1.29 is 4.74 Å². The van der Waals surface area contributed by atoms with Crippen LogP contribution in [0, 0.1) is 6.92 Å². The Kier molecular flexibility index (Phi) is 3.94. The summed E-state index contributed by atoms with van der Waals surface area (Å²) in [6, 6.07) is 7.63. The van der Waals surface area contributed by atoms with Crippen LogP contribution in [0.3, 0.4) is 0 Å². The second kappa shape index (κ2) is 5.87. The number of thiophene rings is 1. The maximum absolute atomic E-state index is 6.22. The summed E-state index contributed by atoms with van der Waals surface area (Å²) in [5.41, 5.74) is 1.09. The molecule has 0 bridgehead atoms. The quantitative estimate of drug-likeness (QED) is 0.744. The molecule has 0 unspecified atom stereocenters. The lowest BCUT2D eigenvalue weighted by Crippen LogP contribution is -2.03. The van der Waals surface area contributed by atoms with Crippen LogP contribution < -0.4 is 10.1 Å². The van der Waals surface area contributed by atoms with E-state index in [-0.39, 0.29) is 0 Å². The van der Waals surface area contributed by atoms with Crippen LogP contribution in [0.5, 0.6) is 11.6 Å². The topological polar surface area (TPSA) is 47.0 Å². The number of hydrogen-bond donors (Lipinski definition) is 1. The third-order valence-corrected chi connectivity index (χ3v) is 4.02. The monoisotopic (exact) mass is 319 g/mol. The molecule has 1 N–H and O–H groups in total. The van der Waals surface area contributed by atoms with E-state index in [0.29, 0.717) is 22.6 Å². The first-order valence-corrected chi connectivity index (χ1v) is 7.86. The van der Waals surface area contributed by atoms with Gasteiger partial charge in [-0.1, -0.05) is 17.7 Å². The number of halogens is 1. The van der Waals surface area contributed by atoms with Crippen molar-refractivity contribution in [3.63, 3.8) is 0 Å². The van der Waals surface area contributed by atoms with Crippen LogP contribution in [0.1, 0.15) is 12.5 Å². The van der Waals surface area contributed by atoms with E-state index in [1.165, 1.54) is 0 Å². The van der Waals surface area contributed by atoms with E-state index >= 15 is 0 Å². The van der Waals surface area contributed by atoms with Crippen LogP contribution in [0.2, 0.25) is 5.02 Å². The Labute approximate surface area is 131 Å². The molecular formula is C15H14ClN3OS. The zero-order valence-electron chi connectivity index (χ0n) is 11.7. The Morgan fingerprint density at radius 2 is 2.14 bits per heavy atom. The third-order valence-electron chi connectivity index (χ3n) is 2.92. The Balaban J connectivity index is 2.04. The van der Waals surface area contributed by atoms with E-state index in [1.54, 1.807) is 11.3 Å². The minimum atomic E-state index is 0.517. The Hall–Kier alpha value is -1.85. The van der Waals surface area contributed by atoms with Crippen LogP contribution in [0.15, 0.2) is 29.6 Å². The summed E-state index contributed by atoms with van der Waals surface area (Å²) >= 11 is 7.78. The number of anilines is 1. The normalized spacial score (nSPS) is 10.8. The van der Waals surface area contributed by atoms with Crippen molar-refractivity contribution in [2.75, 3.05) is 11.9 Å². The number of aryl methyl sites for hydroxylation is 1. The smallest absolute Gasteiger partial charge is 0.232 e. The van der Waals surface area contributed by atoms with Gasteiger partial charge in [-0.2, -0.15) is 4.98 Å². The van der Waals surface area contributed by atoms with E-state index in [1.807, 2.05) is 43.5 Å². The van der Waals surface area contributed by atoms with Gasteiger partial charge >= 0.3 is 0 Å². The molecule has 0 aliphatic rings. The predicted molar refractivity (Wildman–Crippen MR) is 87.8 cm³/mol. The summed E-state index contributed by atoms with van der Waals surface area (Å²) in [6.45, 7) is 4.74. The molecule has 0 radical (unpaired) electrons. The average Bonchev–Trinajstić information content (AvgIpc) is 2.91. The summed E-state index contributed by atoms with van der Waals surface area (Å²) < 4.78 is 5.91. The van der Waals surface area contributed by atoms with Crippen LogP contribution >= 0.6 is 22.9 Å². The number of nitrogens with one attached hydrogen (secondary N) is 1. The molecular weight excluding hydrogens is 306 g/mol. The Morgan fingerprint density at radius 3 is 2.90 bits per heavy atom. The number of aromatic nitrogens is 2. The van der Waals surface area contributed by atoms with Gasteiger partial charge in [0.15, 0.2) is 0 Å². The maximum Gasteiger partial charge on any atom is 0.232 e. The van der Waals surface area contributed by atoms with Crippen molar-refractivity contribution in [3.8, 4) is 11.6 Å². The van der Waals surface area contributed by atoms with E-state index in [4.69, 9.17) is 16.3 Å². The fraction of sp³-hybridized carbons (Fsp3) is 0.200. The molecule has 2 heterocycles. The zero-order valence-corrected chi connectivity index (χ0v) is 13.3. The molecule has 6 heteroatoms. The van der Waals surface area contributed by atoms with E-state index in [0.717, 1.165) is 22.3 Å². The molecule has 4 nitrogen and oxygen atoms in total. The summed E-state index contributed by atoms with van der Waals surface area (Å²) in [5, 5.41) is 6.54. The molecule has 108 valence electrons. The largest absolute Gasteiger partial charge is 0.437 e. The highest BCUT2D eigenvalue weighted by Gasteiger charge is 2.12. The predicted octanol–water partition coefficient (Wildman–Crippen LogP) is 4.88. The molecule has 0 saturated carbocycles. The van der Waals surface area contributed by atoms with Crippen LogP contribution in [0.25, 0.3) is 10.2 Å². The number of rotatable bonds is 4. The summed E-state index contributed by atoms with van der Waals surface area (Å²) in [4.78, 5) is 9.76. The molecule has 0 aliphatic carbocycles. The molecule has 0 atom stereocenters. The summed E-state index contributed by atoms with van der Waals surface area (Å²) in [6.07, 6.45) is 0. The molecule has 0 spiro atoms. The van der Waals surface area contributed by atoms with Crippen molar-refractivity contribution >= 4 is 39.1 Å². The average molecular weight is 320 g/mol. The minimum Gasteiger partial charge on any atom is -0.437 e. The Morgan fingerprint density at radius 1 is 1.29 bits per heavy atom. The van der Waals surface area contributed by atoms with Gasteiger partial charge in [-0.05, 0) is 43.0 Å². The van der Waals surface area contributed by atoms with E-state index < -0.39 is 0 Å². The first kappa shape index (κ1) is 14.1. The first-order valence-electron chi connectivity index (χ1n) is 6.60. The molecule has 0 fully saturated rings. The van der Waals surface area contributed by atoms with Gasteiger partial charge in [0, 0.05) is 6.54 Å². The van der Waals surface area contributed by atoms with E-state index in [2.05, 4.69) is 15.3 Å². The highest BCUT2D eigenvalue weighted by Crippen LogP contribution is 2.34. The fourth-order valence-corrected chi connectivity index (χ4v) is 2.96. The molecule has 1 aromatic carbocycles. The number of fused-ring (bicyclic) bond motifs is 1. The van der Waals surface area contributed by atoms with Crippen LogP contribution in [-0.2, 0) is 0 Å². The number of ether oxygens (including phenoxy) is 1. The first-order chi connectivity index (χ1) is 10.2. The molecule has 0 amide bonds. The van der Waals surface area contributed by atoms with Gasteiger partial charge in [0.1, 0.15) is 10.6 Å². The van der Waals surface area contributed by atoms with Crippen molar-refractivity contribution in [3.05, 3.63) is 40.2 Å². The van der Waals surface area contributed by atoms with Crippen LogP contribution in [-0.4, -0.2) is 16.5 Å². The van der Waals surface area contributed by atoms with Gasteiger partial charge in [0.05, 0.1) is 10.4 Å². The van der Waals surface area contributed by atoms with Gasteiger partial charge in [-0.15, -0.1) is 11.3 Å². The molecule has 2 aromatic heterocycles. The standard InChI is InChI=1S/C15H14ClN3OS/c1-3-17-15-18-13(10-6-7-21-14(10)19-15)20-12-5-4-9(2)8-11(12)16/h4-8H,3H2,1-2H3,(H,17,18,19). The fourth-order valence-electron chi connectivity index (χ4n) is 1.94. The molecule has 0 aliphatic heterocycles. The van der Waals surface area contributed by atoms with Crippen molar-refractivity contribution in [2.24, 2.45) is 0 Å². The molecule has 21 heavy (non-hydrogen) atoms. The second-order valence-electron chi connectivity index (χ2n) is 4.56. The van der Waals surface area contributed by atoms with E-state index in [9.17, 15) is 0 Å². The molecule has 3 rings (SSSR count). The third kappa shape index (κ3) is 2.94. The highest BCUT2D eigenvalue weighted by atomic mass is 35.5. The zero-order chi connectivity index (χ0) is 14.8. The van der Waals surface area contributed by atoms with Crippen molar-refractivity contribution in [1.29, 1.82) is 0 Å². The lowest BCUT2D eigenvalue weighted by molar-refractivity contribution is 0.469. The van der Waals surface area contributed by atoms with Gasteiger partial charge in [0.2, 0.25) is 11.8 Å². The van der Waals surface area contributed by atoms with Crippen molar-refractivity contribution in [2.45, 2.75) is 13.8 Å². The van der Waals surface area contributed by atoms with Crippen LogP contribution in [0.4, 0.5) is 5.95 Å². The Bertz CT molecular complexity index is 788. The maximum atomic E-state index is 6.22. The second-order valence-corrected chi connectivity index (χ2v) is 5.86. The van der Waals surface area contributed by atoms with Gasteiger partial charge in [-0.3, -0.25) is 0 Å². The SMILES string of the molecule is CCNc1nc(Oc2ccc(C)cc2Cl)c2ccsc2n1. The summed E-state index contributed by atoms with van der Waals surface area (Å²) in [7, 11) is 0. The van der Waals surface area contributed by atoms with Gasteiger partial charge in [0.25, 0.3) is 0 Å². The van der Waals surface area contributed by atoms with Gasteiger partial charge in [-0.25, -0.2) is 4.98 Å². The molecule has 3 aromatic rings. The minimum absolute atomic E-state index is 0.517. The highest BCUT2D eigenvalue weighted by molar-refractivity contribution is 7.16. The molecule has 0 saturated heterocycles. The summed E-state index contributed by atoms with van der Waals surface area (Å²) in [5.74, 6) is 1.67.